The molecule has 5 nitrogen and oxygen atoms in total. The minimum absolute atomic E-state index is 0.322. The summed E-state index contributed by atoms with van der Waals surface area (Å²) in [5.74, 6) is 2.22. The van der Waals surface area contributed by atoms with Crippen LogP contribution < -0.4 is 14.2 Å². The number of rotatable bonds is 9. The Balaban J connectivity index is 1.45. The molecule has 0 aromatic heterocycles. The summed E-state index contributed by atoms with van der Waals surface area (Å²) in [7, 11) is -0.0594. The zero-order valence-corrected chi connectivity index (χ0v) is 17.4. The van der Waals surface area contributed by atoms with Crippen molar-refractivity contribution in [2.75, 3.05) is 20.8 Å². The highest BCUT2D eigenvalue weighted by atomic mass is 32.2. The molecule has 0 saturated heterocycles. The standard InChI is InChI=1S/C22H29NO4S/c1-26-21-15-18-12-11-17(14-19(18)16-22(21)27-2)8-6-7-13-23-28(24,25)20-9-4-3-5-10-20/h3-5,9-10,15-17,23H,6-8,11-14H2,1-2H3. The molecule has 1 unspecified atom stereocenters. The molecule has 1 atom stereocenters. The summed E-state index contributed by atoms with van der Waals surface area (Å²) in [5.41, 5.74) is 2.70. The summed E-state index contributed by atoms with van der Waals surface area (Å²) in [5, 5.41) is 0. The molecule has 0 aliphatic heterocycles. The lowest BCUT2D eigenvalue weighted by Gasteiger charge is -2.26. The number of ether oxygens (including phenoxy) is 2. The van der Waals surface area contributed by atoms with Gasteiger partial charge in [0.05, 0.1) is 19.1 Å². The Labute approximate surface area is 168 Å². The van der Waals surface area contributed by atoms with Crippen molar-refractivity contribution in [3.63, 3.8) is 0 Å². The molecule has 0 heterocycles. The SMILES string of the molecule is COc1cc2c(cc1OC)CC(CCCCNS(=O)(=O)c1ccccc1)CC2. The fraction of sp³-hybridized carbons (Fsp3) is 0.455. The van der Waals surface area contributed by atoms with E-state index in [1.54, 1.807) is 38.5 Å². The second-order valence-electron chi connectivity index (χ2n) is 7.29. The molecule has 152 valence electrons. The molecule has 28 heavy (non-hydrogen) atoms. The average Bonchev–Trinajstić information content (AvgIpc) is 2.73. The third-order valence-electron chi connectivity index (χ3n) is 5.42. The number of aryl methyl sites for hydroxylation is 1. The van der Waals surface area contributed by atoms with Crippen LogP contribution in [0.2, 0.25) is 0 Å². The summed E-state index contributed by atoms with van der Waals surface area (Å²) in [6.07, 6.45) is 6.25. The molecule has 3 rings (SSSR count). The van der Waals surface area contributed by atoms with Crippen LogP contribution in [0.1, 0.15) is 36.8 Å². The van der Waals surface area contributed by atoms with E-state index in [9.17, 15) is 8.42 Å². The number of hydrogen-bond acceptors (Lipinski definition) is 4. The van der Waals surface area contributed by atoms with Crippen molar-refractivity contribution in [2.45, 2.75) is 43.4 Å². The van der Waals surface area contributed by atoms with E-state index >= 15 is 0 Å². The third-order valence-corrected chi connectivity index (χ3v) is 6.90. The Hall–Kier alpha value is -2.05. The minimum atomic E-state index is -3.40. The summed E-state index contributed by atoms with van der Waals surface area (Å²) in [4.78, 5) is 0.322. The first-order valence-corrected chi connectivity index (χ1v) is 11.3. The van der Waals surface area contributed by atoms with Gasteiger partial charge in [0.15, 0.2) is 11.5 Å². The summed E-state index contributed by atoms with van der Waals surface area (Å²) in [6.45, 7) is 0.478. The first-order chi connectivity index (χ1) is 13.5. The van der Waals surface area contributed by atoms with Gasteiger partial charge in [-0.2, -0.15) is 0 Å². The van der Waals surface area contributed by atoms with E-state index in [2.05, 4.69) is 16.9 Å². The zero-order chi connectivity index (χ0) is 20.0. The van der Waals surface area contributed by atoms with Crippen molar-refractivity contribution in [1.29, 1.82) is 0 Å². The van der Waals surface area contributed by atoms with Crippen molar-refractivity contribution in [1.82, 2.24) is 4.72 Å². The van der Waals surface area contributed by atoms with E-state index < -0.39 is 10.0 Å². The molecule has 1 N–H and O–H groups in total. The summed E-state index contributed by atoms with van der Waals surface area (Å²) in [6, 6.07) is 12.7. The number of hydrogen-bond donors (Lipinski definition) is 1. The maximum atomic E-state index is 12.2. The van der Waals surface area contributed by atoms with Gasteiger partial charge in [-0.25, -0.2) is 13.1 Å². The van der Waals surface area contributed by atoms with Crippen LogP contribution in [0.5, 0.6) is 11.5 Å². The van der Waals surface area contributed by atoms with Crippen molar-refractivity contribution in [3.05, 3.63) is 53.6 Å². The van der Waals surface area contributed by atoms with E-state index in [-0.39, 0.29) is 0 Å². The van der Waals surface area contributed by atoms with Crippen LogP contribution in [-0.2, 0) is 22.9 Å². The minimum Gasteiger partial charge on any atom is -0.493 e. The van der Waals surface area contributed by atoms with Crippen molar-refractivity contribution < 1.29 is 17.9 Å². The van der Waals surface area contributed by atoms with Crippen molar-refractivity contribution >= 4 is 10.0 Å². The number of nitrogens with one attached hydrogen (secondary N) is 1. The van der Waals surface area contributed by atoms with Gasteiger partial charge in [-0.05, 0) is 67.0 Å². The highest BCUT2D eigenvalue weighted by molar-refractivity contribution is 7.89. The molecular formula is C22H29NO4S. The Kier molecular flexibility index (Phi) is 6.97. The topological polar surface area (TPSA) is 64.6 Å². The van der Waals surface area contributed by atoms with E-state index in [1.165, 1.54) is 11.1 Å². The molecule has 0 spiro atoms. The molecule has 0 bridgehead atoms. The number of unbranched alkanes of at least 4 members (excludes halogenated alkanes) is 1. The second-order valence-corrected chi connectivity index (χ2v) is 9.06. The Bertz CT molecular complexity index is 881. The van der Waals surface area contributed by atoms with Gasteiger partial charge in [-0.3, -0.25) is 0 Å². The predicted molar refractivity (Wildman–Crippen MR) is 111 cm³/mol. The smallest absolute Gasteiger partial charge is 0.240 e. The number of methoxy groups -OCH3 is 2. The largest absolute Gasteiger partial charge is 0.493 e. The molecule has 0 fully saturated rings. The third kappa shape index (κ3) is 5.06. The lowest BCUT2D eigenvalue weighted by molar-refractivity contribution is 0.350. The average molecular weight is 404 g/mol. The molecule has 1 aliphatic rings. The summed E-state index contributed by atoms with van der Waals surface area (Å²) >= 11 is 0. The van der Waals surface area contributed by atoms with Crippen LogP contribution in [0.15, 0.2) is 47.4 Å². The monoisotopic (exact) mass is 403 g/mol. The fourth-order valence-electron chi connectivity index (χ4n) is 3.85. The quantitative estimate of drug-likeness (QED) is 0.644. The van der Waals surface area contributed by atoms with Crippen LogP contribution in [0.3, 0.4) is 0 Å². The predicted octanol–water partition coefficient (Wildman–Crippen LogP) is 3.96. The van der Waals surface area contributed by atoms with Crippen LogP contribution in [-0.4, -0.2) is 29.2 Å². The fourth-order valence-corrected chi connectivity index (χ4v) is 4.95. The number of sulfonamides is 1. The highest BCUT2D eigenvalue weighted by Gasteiger charge is 2.21. The van der Waals surface area contributed by atoms with Gasteiger partial charge in [-0.15, -0.1) is 0 Å². The van der Waals surface area contributed by atoms with Crippen LogP contribution in [0.25, 0.3) is 0 Å². The summed E-state index contributed by atoms with van der Waals surface area (Å²) < 4.78 is 38.0. The molecular weight excluding hydrogens is 374 g/mol. The lowest BCUT2D eigenvalue weighted by Crippen LogP contribution is -2.25. The highest BCUT2D eigenvalue weighted by Crippen LogP contribution is 2.36. The Morgan fingerprint density at radius 3 is 2.36 bits per heavy atom. The van der Waals surface area contributed by atoms with Crippen LogP contribution in [0, 0.1) is 5.92 Å². The zero-order valence-electron chi connectivity index (χ0n) is 16.6. The Morgan fingerprint density at radius 1 is 1.00 bits per heavy atom. The van der Waals surface area contributed by atoms with Gasteiger partial charge in [0.1, 0.15) is 0 Å². The normalized spacial score (nSPS) is 16.4. The van der Waals surface area contributed by atoms with Crippen molar-refractivity contribution in [2.24, 2.45) is 5.92 Å². The number of benzene rings is 2. The van der Waals surface area contributed by atoms with Crippen LogP contribution in [0.4, 0.5) is 0 Å². The van der Waals surface area contributed by atoms with Gasteiger partial charge in [-0.1, -0.05) is 31.0 Å². The van der Waals surface area contributed by atoms with Gasteiger partial charge >= 0.3 is 0 Å². The van der Waals surface area contributed by atoms with Gasteiger partial charge in [0.2, 0.25) is 10.0 Å². The molecule has 0 saturated carbocycles. The number of fused-ring (bicyclic) bond motifs is 1. The molecule has 2 aromatic carbocycles. The maximum Gasteiger partial charge on any atom is 0.240 e. The van der Waals surface area contributed by atoms with E-state index in [0.29, 0.717) is 17.4 Å². The first kappa shape index (κ1) is 20.7. The Morgan fingerprint density at radius 2 is 1.68 bits per heavy atom. The van der Waals surface area contributed by atoms with E-state index in [0.717, 1.165) is 50.0 Å². The van der Waals surface area contributed by atoms with Gasteiger partial charge in [0, 0.05) is 6.54 Å². The molecule has 1 aliphatic carbocycles. The second kappa shape index (κ2) is 9.43. The van der Waals surface area contributed by atoms with Crippen LogP contribution >= 0.6 is 0 Å². The van der Waals surface area contributed by atoms with Gasteiger partial charge in [0.25, 0.3) is 0 Å². The molecule has 6 heteroatoms. The lowest BCUT2D eigenvalue weighted by atomic mass is 9.81. The molecule has 2 aromatic rings. The van der Waals surface area contributed by atoms with E-state index in [1.807, 2.05) is 6.07 Å². The maximum absolute atomic E-state index is 12.2. The van der Waals surface area contributed by atoms with Gasteiger partial charge < -0.3 is 9.47 Å². The molecule has 0 radical (unpaired) electrons. The first-order valence-electron chi connectivity index (χ1n) is 9.82. The van der Waals surface area contributed by atoms with Crippen molar-refractivity contribution in [3.8, 4) is 11.5 Å². The van der Waals surface area contributed by atoms with E-state index in [4.69, 9.17) is 9.47 Å². The molecule has 0 amide bonds.